The van der Waals surface area contributed by atoms with E-state index in [1.807, 2.05) is 0 Å². The molecule has 0 bridgehead atoms. The van der Waals surface area contributed by atoms with E-state index in [-0.39, 0.29) is 5.54 Å². The van der Waals surface area contributed by atoms with Crippen LogP contribution < -0.4 is 5.73 Å². The van der Waals surface area contributed by atoms with Crippen LogP contribution in [0.4, 0.5) is 0 Å². The molecule has 1 unspecified atom stereocenters. The SMILES string of the molecule is CCC(C)(C)CCC(C)(N)CC. The Morgan fingerprint density at radius 2 is 1.42 bits per heavy atom. The molecule has 2 N–H and O–H groups in total. The molecule has 0 aromatic heterocycles. The average Bonchev–Trinajstić information content (AvgIpc) is 2.02. The van der Waals surface area contributed by atoms with Crippen molar-refractivity contribution in [3.8, 4) is 0 Å². The Labute approximate surface area is 77.7 Å². The van der Waals surface area contributed by atoms with Crippen molar-refractivity contribution in [2.75, 3.05) is 0 Å². The van der Waals surface area contributed by atoms with Gasteiger partial charge < -0.3 is 5.73 Å². The molecule has 0 heterocycles. The molecule has 0 saturated carbocycles. The summed E-state index contributed by atoms with van der Waals surface area (Å²) in [6.45, 7) is 11.2. The summed E-state index contributed by atoms with van der Waals surface area (Å²) in [4.78, 5) is 0. The minimum Gasteiger partial charge on any atom is -0.325 e. The fraction of sp³-hybridized carbons (Fsp3) is 1.00. The maximum Gasteiger partial charge on any atom is 0.0123 e. The van der Waals surface area contributed by atoms with Gasteiger partial charge >= 0.3 is 0 Å². The van der Waals surface area contributed by atoms with Crippen LogP contribution in [-0.4, -0.2) is 5.54 Å². The van der Waals surface area contributed by atoms with Gasteiger partial charge in [0, 0.05) is 5.54 Å². The van der Waals surface area contributed by atoms with E-state index in [1.165, 1.54) is 12.8 Å². The maximum atomic E-state index is 6.08. The molecule has 0 fully saturated rings. The summed E-state index contributed by atoms with van der Waals surface area (Å²) in [5.74, 6) is 0. The maximum absolute atomic E-state index is 6.08. The Hall–Kier alpha value is -0.0400. The van der Waals surface area contributed by atoms with Gasteiger partial charge in [-0.25, -0.2) is 0 Å². The first kappa shape index (κ1) is 12.0. The quantitative estimate of drug-likeness (QED) is 0.674. The van der Waals surface area contributed by atoms with Gasteiger partial charge in [0.25, 0.3) is 0 Å². The molecular weight excluding hydrogens is 146 g/mol. The molecule has 1 heteroatoms. The van der Waals surface area contributed by atoms with Crippen molar-refractivity contribution in [2.45, 2.75) is 65.8 Å². The van der Waals surface area contributed by atoms with Gasteiger partial charge in [-0.3, -0.25) is 0 Å². The van der Waals surface area contributed by atoms with Crippen LogP contribution in [0.1, 0.15) is 60.3 Å². The Balaban J connectivity index is 3.82. The predicted octanol–water partition coefficient (Wildman–Crippen LogP) is 3.33. The lowest BCUT2D eigenvalue weighted by molar-refractivity contribution is 0.267. The Bertz CT molecular complexity index is 109. The van der Waals surface area contributed by atoms with Gasteiger partial charge in [0.15, 0.2) is 0 Å². The zero-order valence-corrected chi connectivity index (χ0v) is 9.41. The molecule has 0 aliphatic heterocycles. The first-order chi connectivity index (χ1) is 5.33. The van der Waals surface area contributed by atoms with E-state index in [0.29, 0.717) is 5.41 Å². The summed E-state index contributed by atoms with van der Waals surface area (Å²) in [5.41, 5.74) is 6.59. The van der Waals surface area contributed by atoms with Crippen molar-refractivity contribution in [3.63, 3.8) is 0 Å². The molecule has 0 aliphatic rings. The largest absolute Gasteiger partial charge is 0.325 e. The molecule has 0 radical (unpaired) electrons. The highest BCUT2D eigenvalue weighted by molar-refractivity contribution is 4.79. The Morgan fingerprint density at radius 1 is 0.917 bits per heavy atom. The lowest BCUT2D eigenvalue weighted by atomic mass is 9.80. The van der Waals surface area contributed by atoms with Crippen LogP contribution in [0.3, 0.4) is 0 Å². The Morgan fingerprint density at radius 3 is 1.75 bits per heavy atom. The van der Waals surface area contributed by atoms with Crippen LogP contribution >= 0.6 is 0 Å². The molecule has 12 heavy (non-hydrogen) atoms. The van der Waals surface area contributed by atoms with Crippen molar-refractivity contribution >= 4 is 0 Å². The first-order valence-electron chi connectivity index (χ1n) is 5.12. The number of hydrogen-bond acceptors (Lipinski definition) is 1. The molecule has 1 nitrogen and oxygen atoms in total. The third-order valence-corrected chi connectivity index (χ3v) is 3.14. The molecule has 0 spiro atoms. The smallest absolute Gasteiger partial charge is 0.0123 e. The second-order valence-corrected chi connectivity index (χ2v) is 5.03. The highest BCUT2D eigenvalue weighted by atomic mass is 14.7. The monoisotopic (exact) mass is 171 g/mol. The highest BCUT2D eigenvalue weighted by Gasteiger charge is 2.21. The average molecular weight is 171 g/mol. The summed E-state index contributed by atoms with van der Waals surface area (Å²) < 4.78 is 0. The van der Waals surface area contributed by atoms with Crippen LogP contribution in [0.15, 0.2) is 0 Å². The lowest BCUT2D eigenvalue weighted by Gasteiger charge is -2.29. The minimum absolute atomic E-state index is 0.0481. The zero-order chi connectivity index (χ0) is 9.83. The van der Waals surface area contributed by atoms with Gasteiger partial charge in [-0.05, 0) is 31.6 Å². The van der Waals surface area contributed by atoms with Crippen molar-refractivity contribution in [2.24, 2.45) is 11.1 Å². The van der Waals surface area contributed by atoms with Gasteiger partial charge in [-0.2, -0.15) is 0 Å². The summed E-state index contributed by atoms with van der Waals surface area (Å²) in [6, 6.07) is 0. The standard InChI is InChI=1S/C11H25N/c1-6-10(3,4)8-9-11(5,12)7-2/h6-9,12H2,1-5H3. The summed E-state index contributed by atoms with van der Waals surface area (Å²) >= 11 is 0. The van der Waals surface area contributed by atoms with Gasteiger partial charge in [-0.1, -0.05) is 34.1 Å². The van der Waals surface area contributed by atoms with Crippen LogP contribution in [0.25, 0.3) is 0 Å². The molecular formula is C11H25N. The van der Waals surface area contributed by atoms with E-state index in [0.717, 1.165) is 12.8 Å². The number of rotatable bonds is 5. The summed E-state index contributed by atoms with van der Waals surface area (Å²) in [5, 5.41) is 0. The molecule has 74 valence electrons. The fourth-order valence-electron chi connectivity index (χ4n) is 0.977. The fourth-order valence-corrected chi connectivity index (χ4v) is 0.977. The molecule has 0 aromatic carbocycles. The van der Waals surface area contributed by atoms with Crippen LogP contribution in [0.2, 0.25) is 0 Å². The van der Waals surface area contributed by atoms with E-state index < -0.39 is 0 Å². The van der Waals surface area contributed by atoms with E-state index >= 15 is 0 Å². The van der Waals surface area contributed by atoms with Gasteiger partial charge in [0.05, 0.1) is 0 Å². The van der Waals surface area contributed by atoms with Crippen molar-refractivity contribution in [3.05, 3.63) is 0 Å². The number of hydrogen-bond donors (Lipinski definition) is 1. The second kappa shape index (κ2) is 4.27. The first-order valence-corrected chi connectivity index (χ1v) is 5.12. The summed E-state index contributed by atoms with van der Waals surface area (Å²) in [6.07, 6.45) is 4.70. The minimum atomic E-state index is 0.0481. The van der Waals surface area contributed by atoms with Crippen molar-refractivity contribution in [1.82, 2.24) is 0 Å². The van der Waals surface area contributed by atoms with Crippen LogP contribution in [0, 0.1) is 5.41 Å². The normalized spacial score (nSPS) is 17.5. The molecule has 0 rings (SSSR count). The van der Waals surface area contributed by atoms with E-state index in [1.54, 1.807) is 0 Å². The zero-order valence-electron chi connectivity index (χ0n) is 9.41. The predicted molar refractivity (Wildman–Crippen MR) is 56.2 cm³/mol. The number of nitrogens with two attached hydrogens (primary N) is 1. The van der Waals surface area contributed by atoms with Crippen LogP contribution in [0.5, 0.6) is 0 Å². The van der Waals surface area contributed by atoms with Crippen LogP contribution in [-0.2, 0) is 0 Å². The Kier molecular flexibility index (Phi) is 4.25. The van der Waals surface area contributed by atoms with Crippen molar-refractivity contribution in [1.29, 1.82) is 0 Å². The van der Waals surface area contributed by atoms with Gasteiger partial charge in [-0.15, -0.1) is 0 Å². The summed E-state index contributed by atoms with van der Waals surface area (Å²) in [7, 11) is 0. The molecule has 1 atom stereocenters. The molecule has 0 aromatic rings. The van der Waals surface area contributed by atoms with Gasteiger partial charge in [0.2, 0.25) is 0 Å². The third kappa shape index (κ3) is 4.76. The highest BCUT2D eigenvalue weighted by Crippen LogP contribution is 2.29. The topological polar surface area (TPSA) is 26.0 Å². The molecule has 0 amide bonds. The van der Waals surface area contributed by atoms with Crippen molar-refractivity contribution < 1.29 is 0 Å². The van der Waals surface area contributed by atoms with Gasteiger partial charge in [0.1, 0.15) is 0 Å². The molecule has 0 aliphatic carbocycles. The molecule has 0 saturated heterocycles. The van der Waals surface area contributed by atoms with E-state index in [4.69, 9.17) is 5.73 Å². The lowest BCUT2D eigenvalue weighted by Crippen LogP contribution is -2.36. The third-order valence-electron chi connectivity index (χ3n) is 3.14. The van der Waals surface area contributed by atoms with E-state index in [2.05, 4.69) is 34.6 Å². The van der Waals surface area contributed by atoms with E-state index in [9.17, 15) is 0 Å². The second-order valence-electron chi connectivity index (χ2n) is 5.03.